The van der Waals surface area contributed by atoms with Crippen LogP contribution in [-0.2, 0) is 65.4 Å². The number of carbonyl (C=O) groups is 4. The molecule has 0 aromatic heterocycles. The minimum absolute atomic E-state index is 0.0837. The Balaban J connectivity index is 5.26. The summed E-state index contributed by atoms with van der Waals surface area (Å²) in [4.78, 5) is 72.8. The molecule has 0 bridgehead atoms. The first-order valence-corrected chi connectivity index (χ1v) is 42.2. The van der Waals surface area contributed by atoms with Crippen molar-refractivity contribution in [2.24, 2.45) is 17.8 Å². The van der Waals surface area contributed by atoms with E-state index < -0.39 is 97.5 Å². The van der Waals surface area contributed by atoms with Crippen molar-refractivity contribution in [3.63, 3.8) is 0 Å². The maximum absolute atomic E-state index is 13.1. The molecule has 3 N–H and O–H groups in total. The number of ether oxygens (including phenoxy) is 4. The van der Waals surface area contributed by atoms with Crippen molar-refractivity contribution in [3.05, 3.63) is 24.3 Å². The van der Waals surface area contributed by atoms with Gasteiger partial charge in [-0.2, -0.15) is 0 Å². The molecule has 96 heavy (non-hydrogen) atoms. The van der Waals surface area contributed by atoms with Gasteiger partial charge in [-0.3, -0.25) is 37.3 Å². The van der Waals surface area contributed by atoms with E-state index in [-0.39, 0.29) is 25.7 Å². The fourth-order valence-corrected chi connectivity index (χ4v) is 12.8. The second-order valence-corrected chi connectivity index (χ2v) is 30.9. The number of aliphatic hydroxyl groups is 1. The monoisotopic (exact) mass is 1410 g/mol. The molecule has 0 saturated heterocycles. The molecule has 7 atom stereocenters. The van der Waals surface area contributed by atoms with Crippen molar-refractivity contribution >= 4 is 39.5 Å². The van der Waals surface area contributed by atoms with Crippen molar-refractivity contribution in [2.45, 2.75) is 388 Å². The Hall–Kier alpha value is -2.46. The fraction of sp³-hybridized carbons (Fsp3) is 0.896. The summed E-state index contributed by atoms with van der Waals surface area (Å²) in [6, 6.07) is 0. The maximum Gasteiger partial charge on any atom is 0.472 e. The first kappa shape index (κ1) is 93.5. The molecule has 4 unspecified atom stereocenters. The normalized spacial score (nSPS) is 14.8. The zero-order valence-electron chi connectivity index (χ0n) is 62.3. The number of unbranched alkanes of at least 4 members (excludes halogenated alkanes) is 36. The van der Waals surface area contributed by atoms with Gasteiger partial charge in [0.2, 0.25) is 0 Å². The van der Waals surface area contributed by atoms with Gasteiger partial charge >= 0.3 is 39.5 Å². The smallest absolute Gasteiger partial charge is 0.462 e. The van der Waals surface area contributed by atoms with Crippen molar-refractivity contribution < 1.29 is 80.2 Å². The lowest BCUT2D eigenvalue weighted by Gasteiger charge is -2.21. The predicted octanol–water partition coefficient (Wildman–Crippen LogP) is 22.1. The van der Waals surface area contributed by atoms with Crippen molar-refractivity contribution in [3.8, 4) is 0 Å². The van der Waals surface area contributed by atoms with Gasteiger partial charge < -0.3 is 33.8 Å². The Morgan fingerprint density at radius 3 is 0.927 bits per heavy atom. The SMILES string of the molecule is CCCCCC/C=C\C=C/CCCCCCCC(=O)O[C@H](COC(=O)CCCCCCCCC(C)C)COP(=O)(O)OC[C@H](O)COP(=O)(O)OC[C@@H](COC(=O)CCCCCCCCCCCCCCCCC(C)CC)OC(=O)CCCCCCCCCCCCC(C)CC. The standard InChI is InChI=1S/C77H146O17P2/c1-8-11-12-13-14-15-16-17-18-23-26-32-37-46-53-60-76(81)94-73(65-88-75(80)59-52-45-40-39-41-48-55-68(4)5)67-92-96(85,86)90-63-71(78)62-89-95(83,84)91-66-72(93-77(82)61-54-47-38-33-28-27-30-35-43-50-57-70(7)10-3)64-87-74(79)58-51-44-36-31-25-22-20-19-21-24-29-34-42-49-56-69(6)9-2/h15-18,68-73,78H,8-14,19-67H2,1-7H3,(H,83,84)(H,85,86)/b16-15-,18-17-/t69?,70?,71-,72-,73-/m1/s1. The van der Waals surface area contributed by atoms with Crippen LogP contribution in [0.4, 0.5) is 0 Å². The van der Waals surface area contributed by atoms with Gasteiger partial charge in [-0.25, -0.2) is 9.13 Å². The van der Waals surface area contributed by atoms with Crippen LogP contribution < -0.4 is 0 Å². The number of phosphoric acid groups is 2. The summed E-state index contributed by atoms with van der Waals surface area (Å²) >= 11 is 0. The minimum atomic E-state index is -4.96. The largest absolute Gasteiger partial charge is 0.472 e. The number of esters is 4. The summed E-state index contributed by atoms with van der Waals surface area (Å²) in [6.45, 7) is 11.8. The van der Waals surface area contributed by atoms with E-state index in [2.05, 4.69) is 72.8 Å². The molecule has 0 fully saturated rings. The zero-order chi connectivity index (χ0) is 70.9. The Morgan fingerprint density at radius 1 is 0.344 bits per heavy atom. The summed E-state index contributed by atoms with van der Waals surface area (Å²) in [5, 5.41) is 10.6. The number of allylic oxidation sites excluding steroid dienone is 4. The molecule has 0 aromatic carbocycles. The van der Waals surface area contributed by atoms with Crippen LogP contribution in [0.15, 0.2) is 24.3 Å². The third-order valence-corrected chi connectivity index (χ3v) is 19.9. The Bertz CT molecular complexity index is 1970. The van der Waals surface area contributed by atoms with Gasteiger partial charge in [0.1, 0.15) is 19.3 Å². The summed E-state index contributed by atoms with van der Waals surface area (Å²) in [7, 11) is -9.93. The van der Waals surface area contributed by atoms with E-state index in [1.54, 1.807) is 0 Å². The summed E-state index contributed by atoms with van der Waals surface area (Å²) in [5.41, 5.74) is 0. The van der Waals surface area contributed by atoms with E-state index in [1.807, 2.05) is 0 Å². The van der Waals surface area contributed by atoms with Gasteiger partial charge in [0.25, 0.3) is 0 Å². The topological polar surface area (TPSA) is 237 Å². The first-order chi connectivity index (χ1) is 46.3. The van der Waals surface area contributed by atoms with Gasteiger partial charge in [-0.05, 0) is 69.1 Å². The molecule has 0 aliphatic rings. The minimum Gasteiger partial charge on any atom is -0.462 e. The number of hydrogen-bond donors (Lipinski definition) is 3. The quantitative estimate of drug-likeness (QED) is 0.0169. The Labute approximate surface area is 586 Å². The molecule has 0 heterocycles. The van der Waals surface area contributed by atoms with Crippen molar-refractivity contribution in [1.82, 2.24) is 0 Å². The molecule has 0 aliphatic carbocycles. The van der Waals surface area contributed by atoms with E-state index in [9.17, 15) is 43.2 Å². The van der Waals surface area contributed by atoms with Gasteiger partial charge in [0.05, 0.1) is 26.4 Å². The number of carbonyl (C=O) groups excluding carboxylic acids is 4. The lowest BCUT2D eigenvalue weighted by Crippen LogP contribution is -2.30. The molecule has 0 spiro atoms. The van der Waals surface area contributed by atoms with Crippen LogP contribution >= 0.6 is 15.6 Å². The molecule has 0 saturated carbocycles. The lowest BCUT2D eigenvalue weighted by molar-refractivity contribution is -0.161. The molecule has 0 rings (SSSR count). The molecule has 0 aromatic rings. The number of rotatable bonds is 73. The van der Waals surface area contributed by atoms with Crippen LogP contribution in [0.3, 0.4) is 0 Å². The van der Waals surface area contributed by atoms with Crippen molar-refractivity contribution in [2.75, 3.05) is 39.6 Å². The number of phosphoric ester groups is 2. The van der Waals surface area contributed by atoms with Gasteiger partial charge in [0, 0.05) is 25.7 Å². The molecule has 17 nitrogen and oxygen atoms in total. The van der Waals surface area contributed by atoms with Gasteiger partial charge in [0.15, 0.2) is 12.2 Å². The summed E-state index contributed by atoms with van der Waals surface area (Å²) in [5.74, 6) is 0.176. The van der Waals surface area contributed by atoms with Crippen LogP contribution in [0.25, 0.3) is 0 Å². The van der Waals surface area contributed by atoms with Crippen LogP contribution in [0.2, 0.25) is 0 Å². The highest BCUT2D eigenvalue weighted by Gasteiger charge is 2.30. The molecule has 0 amide bonds. The second-order valence-electron chi connectivity index (χ2n) is 28.0. The third-order valence-electron chi connectivity index (χ3n) is 18.0. The third kappa shape index (κ3) is 67.4. The first-order valence-electron chi connectivity index (χ1n) is 39.2. The summed E-state index contributed by atoms with van der Waals surface area (Å²) < 4.78 is 68.5. The molecule has 566 valence electrons. The van der Waals surface area contributed by atoms with E-state index in [0.29, 0.717) is 31.6 Å². The van der Waals surface area contributed by atoms with Crippen LogP contribution in [0.5, 0.6) is 0 Å². The zero-order valence-corrected chi connectivity index (χ0v) is 64.1. The van der Waals surface area contributed by atoms with Gasteiger partial charge in [-0.1, -0.05) is 317 Å². The molecule has 0 aliphatic heterocycles. The summed E-state index contributed by atoms with van der Waals surface area (Å²) in [6.07, 6.45) is 56.3. The average molecular weight is 1410 g/mol. The van der Waals surface area contributed by atoms with E-state index in [4.69, 9.17) is 37.0 Å². The van der Waals surface area contributed by atoms with Crippen LogP contribution in [0.1, 0.15) is 370 Å². The van der Waals surface area contributed by atoms with Crippen LogP contribution in [0, 0.1) is 17.8 Å². The van der Waals surface area contributed by atoms with Crippen LogP contribution in [-0.4, -0.2) is 96.7 Å². The Morgan fingerprint density at radius 2 is 0.615 bits per heavy atom. The molecular formula is C77H146O17P2. The highest BCUT2D eigenvalue weighted by molar-refractivity contribution is 7.47. The highest BCUT2D eigenvalue weighted by Crippen LogP contribution is 2.45. The second kappa shape index (κ2) is 67.1. The van der Waals surface area contributed by atoms with Crippen molar-refractivity contribution in [1.29, 1.82) is 0 Å². The van der Waals surface area contributed by atoms with E-state index in [1.165, 1.54) is 161 Å². The predicted molar refractivity (Wildman–Crippen MR) is 390 cm³/mol. The lowest BCUT2D eigenvalue weighted by atomic mass is 9.99. The average Bonchev–Trinajstić information content (AvgIpc) is 2.05. The maximum atomic E-state index is 13.1. The van der Waals surface area contributed by atoms with Gasteiger partial charge in [-0.15, -0.1) is 0 Å². The number of aliphatic hydroxyl groups excluding tert-OH is 1. The molecular weight excluding hydrogens is 1260 g/mol. The van der Waals surface area contributed by atoms with E-state index >= 15 is 0 Å². The fourth-order valence-electron chi connectivity index (χ4n) is 11.2. The highest BCUT2D eigenvalue weighted by atomic mass is 31.2. The molecule has 0 radical (unpaired) electrons. The Kier molecular flexibility index (Phi) is 65.3. The number of hydrogen-bond acceptors (Lipinski definition) is 15. The van der Waals surface area contributed by atoms with E-state index in [0.717, 1.165) is 121 Å². The molecule has 19 heteroatoms.